The molecule has 432 valence electrons. The van der Waals surface area contributed by atoms with Crippen molar-refractivity contribution in [3.05, 3.63) is 151 Å². The number of hydrogen-bond acceptors (Lipinski definition) is 14. The van der Waals surface area contributed by atoms with Gasteiger partial charge in [-0.05, 0) is 130 Å². The normalized spacial score (nSPS) is 12.9. The van der Waals surface area contributed by atoms with Crippen molar-refractivity contribution in [2.24, 2.45) is 0 Å². The van der Waals surface area contributed by atoms with Crippen molar-refractivity contribution in [2.45, 2.75) is 152 Å². The summed E-state index contributed by atoms with van der Waals surface area (Å²) in [6.07, 6.45) is 3.47. The summed E-state index contributed by atoms with van der Waals surface area (Å²) in [4.78, 5) is 42.7. The third kappa shape index (κ3) is 14.0. The van der Waals surface area contributed by atoms with Crippen LogP contribution in [0.1, 0.15) is 141 Å². The number of thioether (sulfide) groups is 2. The minimum absolute atomic E-state index is 0.0564. The van der Waals surface area contributed by atoms with Crippen molar-refractivity contribution in [2.75, 3.05) is 11.9 Å². The number of aromatic amines is 1. The summed E-state index contributed by atoms with van der Waals surface area (Å²) in [6, 6.07) is 31.4. The highest BCUT2D eigenvalue weighted by Gasteiger charge is 2.32. The van der Waals surface area contributed by atoms with E-state index in [-0.39, 0.29) is 44.8 Å². The summed E-state index contributed by atoms with van der Waals surface area (Å²) in [6.45, 7) is 21.2. The molecule has 2 N–H and O–H groups in total. The number of para-hydroxylation sites is 3. The molecule has 0 fully saturated rings. The Labute approximate surface area is 501 Å². The van der Waals surface area contributed by atoms with Crippen molar-refractivity contribution in [3.63, 3.8) is 0 Å². The predicted octanol–water partition coefficient (Wildman–Crippen LogP) is 15.2. The van der Waals surface area contributed by atoms with Crippen molar-refractivity contribution in [3.8, 4) is 39.9 Å². The summed E-state index contributed by atoms with van der Waals surface area (Å²) in [5.41, 5.74) is 4.80. The minimum atomic E-state index is -0.890. The number of halogens is 3. The van der Waals surface area contributed by atoms with Gasteiger partial charge in [0.2, 0.25) is 16.1 Å². The number of carbonyl (C=O) groups excluding carboxylic acids is 2. The predicted molar refractivity (Wildman–Crippen MR) is 326 cm³/mol. The fourth-order valence-corrected chi connectivity index (χ4v) is 11.6. The van der Waals surface area contributed by atoms with Gasteiger partial charge < -0.3 is 19.5 Å². The molecule has 82 heavy (non-hydrogen) atoms. The van der Waals surface area contributed by atoms with Gasteiger partial charge in [-0.2, -0.15) is 4.68 Å². The number of anilines is 1. The number of hydrogen-bond donors (Lipinski definition) is 2. The first kappa shape index (κ1) is 61.4. The Kier molecular flexibility index (Phi) is 20.4. The minimum Gasteiger partial charge on any atom is -0.480 e. The van der Waals surface area contributed by atoms with Crippen LogP contribution >= 0.6 is 58.3 Å². The summed E-state index contributed by atoms with van der Waals surface area (Å²) in [5.74, 6) is -0.0741. The molecule has 0 bridgehead atoms. The Morgan fingerprint density at radius 2 is 1.46 bits per heavy atom. The molecule has 3 aromatic heterocycles. The molecule has 8 aromatic rings. The van der Waals surface area contributed by atoms with Crippen LogP contribution in [0.15, 0.2) is 118 Å². The number of amides is 1. The maximum absolute atomic E-state index is 15.4. The maximum Gasteiger partial charge on any atom is 0.327 e. The molecule has 3 unspecified atom stereocenters. The zero-order valence-corrected chi connectivity index (χ0v) is 51.5. The summed E-state index contributed by atoms with van der Waals surface area (Å²) in [7, 11) is 0. The van der Waals surface area contributed by atoms with Gasteiger partial charge in [0.1, 0.15) is 23.7 Å². The van der Waals surface area contributed by atoms with Crippen molar-refractivity contribution in [1.82, 2.24) is 50.2 Å². The number of tetrazole rings is 2. The van der Waals surface area contributed by atoms with Gasteiger partial charge in [-0.1, -0.05) is 176 Å². The van der Waals surface area contributed by atoms with Crippen molar-refractivity contribution in [1.29, 1.82) is 0 Å². The molecule has 0 radical (unpaired) electrons. The second-order valence-electron chi connectivity index (χ2n) is 21.0. The smallest absolute Gasteiger partial charge is 0.327 e. The lowest BCUT2D eigenvalue weighted by Gasteiger charge is -2.31. The van der Waals surface area contributed by atoms with Gasteiger partial charge in [-0.25, -0.2) is 9.36 Å². The SMILES string of the molecule is CCCCOC(=O)Cn1nnnc1SC(CC)c1cc(C(C)Sc2nnnn2-c2ccccc2)c(Oc2c(-c3ccc(Cl)c(Cl)c3)[nH]n(-c3ccccc3NC(=O)C(CC)Oc3ccc(C(C)(C)CC)cc3C(C)(C)CC)c2=O)cc1Cl. The number of unbranched alkanes of at least 4 members (excludes halogenated alkanes) is 1. The van der Waals surface area contributed by atoms with Crippen LogP contribution in [0.4, 0.5) is 5.69 Å². The van der Waals surface area contributed by atoms with E-state index in [0.29, 0.717) is 73.6 Å². The van der Waals surface area contributed by atoms with E-state index in [1.807, 2.05) is 70.2 Å². The first-order chi connectivity index (χ1) is 39.3. The highest BCUT2D eigenvalue weighted by Crippen LogP contribution is 2.48. The molecule has 5 aromatic carbocycles. The van der Waals surface area contributed by atoms with Crippen LogP contribution in [0.5, 0.6) is 17.2 Å². The summed E-state index contributed by atoms with van der Waals surface area (Å²) < 4.78 is 23.4. The van der Waals surface area contributed by atoms with Crippen LogP contribution in [0.2, 0.25) is 15.1 Å². The molecule has 0 aliphatic carbocycles. The molecule has 0 aliphatic rings. The van der Waals surface area contributed by atoms with Crippen LogP contribution in [-0.4, -0.2) is 74.8 Å². The molecule has 0 saturated carbocycles. The fraction of sp³-hybridized carbons (Fsp3) is 0.383. The standard InChI is InChI=1S/C60H68Cl3N11O6S2/c1-11-16-30-78-52(75)35-72-57(65-68-70-72)82-51(13-3)41-33-40(36(6)81-58-66-69-71-73(58)39-22-18-17-19-23-39)50(34-44(41)62)80-54-53(37-26-28-43(61)45(63)31-37)67-74(56(54)77)47-25-21-20-24-46(47)64-55(76)48(12-2)79-49-29-27-38(59(7,8)14-4)32-42(49)60(9,10)15-5/h17-29,31-34,36,48,51,67H,11-16,30,35H2,1-10H3,(H,64,76). The topological polar surface area (TPSA) is 199 Å². The number of nitrogens with one attached hydrogen (secondary N) is 2. The van der Waals surface area contributed by atoms with E-state index < -0.39 is 28.8 Å². The number of benzene rings is 5. The molecule has 0 aliphatic heterocycles. The molecule has 8 rings (SSSR count). The number of nitrogens with zero attached hydrogens (tertiary/aromatic N) is 9. The van der Waals surface area contributed by atoms with E-state index in [9.17, 15) is 9.59 Å². The van der Waals surface area contributed by atoms with Gasteiger partial charge in [-0.15, -0.1) is 10.2 Å². The number of ether oxygens (including phenoxy) is 3. The fourth-order valence-electron chi connectivity index (χ4n) is 8.90. The highest BCUT2D eigenvalue weighted by atomic mass is 35.5. The Morgan fingerprint density at radius 3 is 2.17 bits per heavy atom. The number of rotatable bonds is 26. The molecule has 3 heterocycles. The van der Waals surface area contributed by atoms with Crippen LogP contribution in [0.3, 0.4) is 0 Å². The van der Waals surface area contributed by atoms with E-state index >= 15 is 4.79 Å². The third-order valence-corrected chi connectivity index (χ3v) is 18.2. The molecular formula is C60H68Cl3N11O6S2. The average molecular weight is 1210 g/mol. The molecule has 3 atom stereocenters. The number of H-pyrrole nitrogens is 1. The van der Waals surface area contributed by atoms with Gasteiger partial charge in [0, 0.05) is 38.3 Å². The number of aromatic nitrogens is 10. The van der Waals surface area contributed by atoms with Crippen molar-refractivity contribution < 1.29 is 23.8 Å². The van der Waals surface area contributed by atoms with E-state index in [4.69, 9.17) is 49.0 Å². The lowest BCUT2D eigenvalue weighted by molar-refractivity contribution is -0.144. The second-order valence-corrected chi connectivity index (χ2v) is 24.7. The highest BCUT2D eigenvalue weighted by molar-refractivity contribution is 7.99. The van der Waals surface area contributed by atoms with Crippen LogP contribution in [0.25, 0.3) is 22.6 Å². The van der Waals surface area contributed by atoms with E-state index in [2.05, 4.69) is 95.1 Å². The van der Waals surface area contributed by atoms with E-state index in [0.717, 1.165) is 36.9 Å². The van der Waals surface area contributed by atoms with Gasteiger partial charge >= 0.3 is 11.5 Å². The molecular weight excluding hydrogens is 1140 g/mol. The largest absolute Gasteiger partial charge is 0.480 e. The first-order valence-electron chi connectivity index (χ1n) is 27.4. The van der Waals surface area contributed by atoms with Gasteiger partial charge in [0.25, 0.3) is 5.91 Å². The zero-order valence-electron chi connectivity index (χ0n) is 47.6. The van der Waals surface area contributed by atoms with Crippen LogP contribution in [0, 0.1) is 0 Å². The quantitative estimate of drug-likeness (QED) is 0.0295. The molecule has 22 heteroatoms. The third-order valence-electron chi connectivity index (χ3n) is 14.7. The molecule has 1 amide bonds. The summed E-state index contributed by atoms with van der Waals surface area (Å²) >= 11 is 23.2. The maximum atomic E-state index is 15.4. The lowest BCUT2D eigenvalue weighted by atomic mass is 9.76. The molecule has 17 nitrogen and oxygen atoms in total. The number of esters is 1. The second kappa shape index (κ2) is 27.2. The Balaban J connectivity index is 1.19. The molecule has 0 saturated heterocycles. The Morgan fingerprint density at radius 1 is 0.744 bits per heavy atom. The van der Waals surface area contributed by atoms with Gasteiger partial charge in [0.05, 0.1) is 33.7 Å². The molecule has 0 spiro atoms. The monoisotopic (exact) mass is 1210 g/mol. The summed E-state index contributed by atoms with van der Waals surface area (Å²) in [5, 5.41) is 32.3. The number of carbonyl (C=O) groups is 2. The average Bonchev–Trinajstić information content (AvgIpc) is 4.35. The Bertz CT molecular complexity index is 3590. The van der Waals surface area contributed by atoms with E-state index in [1.165, 1.54) is 38.5 Å². The van der Waals surface area contributed by atoms with E-state index in [1.54, 1.807) is 53.2 Å². The van der Waals surface area contributed by atoms with Gasteiger partial charge in [-0.3, -0.25) is 19.5 Å². The lowest BCUT2D eigenvalue weighted by Crippen LogP contribution is -2.34. The Hall–Kier alpha value is -6.64. The first-order valence-corrected chi connectivity index (χ1v) is 30.3. The van der Waals surface area contributed by atoms with Crippen molar-refractivity contribution >= 4 is 75.9 Å². The van der Waals surface area contributed by atoms with Gasteiger partial charge in [0.15, 0.2) is 6.10 Å². The van der Waals surface area contributed by atoms with Crippen LogP contribution < -0.4 is 20.3 Å². The van der Waals surface area contributed by atoms with Crippen LogP contribution in [-0.2, 0) is 31.7 Å². The zero-order chi connectivity index (χ0) is 58.9.